The second-order valence-corrected chi connectivity index (χ2v) is 8.64. The number of hydrogen-bond donors (Lipinski definition) is 0. The first-order valence-corrected chi connectivity index (χ1v) is 11.1. The van der Waals surface area contributed by atoms with E-state index < -0.39 is 29.2 Å². The topological polar surface area (TPSA) is 56.5 Å². The fourth-order valence-corrected chi connectivity index (χ4v) is 3.89. The van der Waals surface area contributed by atoms with Crippen LogP contribution in [0.1, 0.15) is 34.5 Å². The van der Waals surface area contributed by atoms with Gasteiger partial charge in [-0.05, 0) is 70.2 Å². The Labute approximate surface area is 205 Å². The minimum Gasteiger partial charge on any atom is -0.257 e. The normalized spacial score (nSPS) is 13.1. The van der Waals surface area contributed by atoms with Crippen LogP contribution in [0.5, 0.6) is 0 Å². The molecule has 2 unspecified atom stereocenters. The Hall–Kier alpha value is -3.85. The molecule has 0 saturated carbocycles. The summed E-state index contributed by atoms with van der Waals surface area (Å²) in [6, 6.07) is 11.4. The number of nitrogens with zero attached hydrogens (tertiary/aromatic N) is 5. The summed E-state index contributed by atoms with van der Waals surface area (Å²) in [4.78, 5) is 4.15. The Morgan fingerprint density at radius 2 is 1.67 bits per heavy atom. The molecule has 12 heteroatoms. The van der Waals surface area contributed by atoms with Crippen molar-refractivity contribution in [2.75, 3.05) is 0 Å². The van der Waals surface area contributed by atoms with Crippen LogP contribution in [0.2, 0.25) is 0 Å². The summed E-state index contributed by atoms with van der Waals surface area (Å²) in [7, 11) is 0. The number of pyridine rings is 1. The van der Waals surface area contributed by atoms with E-state index in [-0.39, 0.29) is 34.5 Å². The summed E-state index contributed by atoms with van der Waals surface area (Å²) < 4.78 is 82.0. The van der Waals surface area contributed by atoms with Gasteiger partial charge in [0, 0.05) is 34.2 Å². The van der Waals surface area contributed by atoms with Crippen molar-refractivity contribution in [2.24, 2.45) is 0 Å². The molecule has 0 saturated heterocycles. The first kappa shape index (κ1) is 25.2. The summed E-state index contributed by atoms with van der Waals surface area (Å²) in [6.45, 7) is -0.122. The highest BCUT2D eigenvalue weighted by Gasteiger charge is 2.30. The predicted octanol–water partition coefficient (Wildman–Crippen LogP) is 5.85. The molecule has 184 valence electrons. The van der Waals surface area contributed by atoms with Crippen molar-refractivity contribution in [1.29, 1.82) is 0 Å². The van der Waals surface area contributed by atoms with Crippen molar-refractivity contribution >= 4 is 11.8 Å². The van der Waals surface area contributed by atoms with Gasteiger partial charge in [0.05, 0.1) is 12.2 Å². The lowest BCUT2D eigenvalue weighted by molar-refractivity contribution is -0.0328. The van der Waals surface area contributed by atoms with Gasteiger partial charge in [-0.15, -0.1) is 5.10 Å². The molecule has 0 aliphatic carbocycles. The van der Waals surface area contributed by atoms with E-state index in [9.17, 15) is 22.0 Å². The van der Waals surface area contributed by atoms with Crippen LogP contribution in [0.4, 0.5) is 26.3 Å². The molecular weight excluding hydrogens is 504 g/mol. The van der Waals surface area contributed by atoms with Gasteiger partial charge in [0.2, 0.25) is 0 Å². The lowest BCUT2D eigenvalue weighted by Gasteiger charge is -2.21. The Morgan fingerprint density at radius 1 is 0.944 bits per heavy atom. The van der Waals surface area contributed by atoms with Crippen LogP contribution in [0.3, 0.4) is 0 Å². The van der Waals surface area contributed by atoms with Gasteiger partial charge >= 0.3 is 5.51 Å². The highest BCUT2D eigenvalue weighted by atomic mass is 32.2. The van der Waals surface area contributed by atoms with E-state index in [4.69, 9.17) is 0 Å². The molecule has 0 aliphatic heterocycles. The fourth-order valence-electron chi connectivity index (χ4n) is 3.35. The van der Waals surface area contributed by atoms with E-state index in [1.807, 2.05) is 0 Å². The van der Waals surface area contributed by atoms with E-state index in [2.05, 4.69) is 32.4 Å². The number of aromatic nitrogens is 5. The first-order valence-electron chi connectivity index (χ1n) is 10.3. The van der Waals surface area contributed by atoms with Crippen LogP contribution in [0, 0.1) is 23.5 Å². The van der Waals surface area contributed by atoms with E-state index in [0.29, 0.717) is 17.2 Å². The zero-order valence-corrected chi connectivity index (χ0v) is 18.9. The summed E-state index contributed by atoms with van der Waals surface area (Å²) in [5.41, 5.74) is -3.51. The fraction of sp³-hybridized carbons (Fsp3) is 0.167. The number of benzene rings is 2. The van der Waals surface area contributed by atoms with Gasteiger partial charge in [0.15, 0.2) is 6.17 Å². The third-order valence-electron chi connectivity index (χ3n) is 5.00. The average molecular weight is 519 g/mol. The zero-order valence-electron chi connectivity index (χ0n) is 18.1. The number of thioether (sulfide) groups is 1. The monoisotopic (exact) mass is 519 g/mol. The standard InChI is InChI=1S/C24H15F6N5S/c25-17-6-9-19(21(26)11-17)20(13-35-14-32-33-34-35)23(27)22-10-5-16(12-31-22)2-1-15-3-7-18(8-4-15)36-24(28,29)30/h3-12,14,20,23H,13H2. The number of alkyl halides is 4. The van der Waals surface area contributed by atoms with Crippen LogP contribution in [-0.2, 0) is 6.54 Å². The maximum atomic E-state index is 15.6. The quantitative estimate of drug-likeness (QED) is 0.182. The van der Waals surface area contributed by atoms with Gasteiger partial charge in [0.25, 0.3) is 0 Å². The van der Waals surface area contributed by atoms with E-state index in [0.717, 1.165) is 6.07 Å². The van der Waals surface area contributed by atoms with E-state index >= 15 is 4.39 Å². The molecule has 4 rings (SSSR count). The minimum atomic E-state index is -4.37. The Kier molecular flexibility index (Phi) is 7.59. The lowest BCUT2D eigenvalue weighted by atomic mass is 9.91. The number of tetrazole rings is 1. The van der Waals surface area contributed by atoms with E-state index in [1.165, 1.54) is 59.7 Å². The maximum absolute atomic E-state index is 15.6. The molecule has 0 radical (unpaired) electrons. The minimum absolute atomic E-state index is 0.00382. The molecular formula is C24H15F6N5S. The zero-order chi connectivity index (χ0) is 25.7. The molecule has 4 aromatic rings. The second-order valence-electron chi connectivity index (χ2n) is 7.50. The van der Waals surface area contributed by atoms with Crippen molar-refractivity contribution < 1.29 is 26.3 Å². The smallest absolute Gasteiger partial charge is 0.257 e. The highest BCUT2D eigenvalue weighted by molar-refractivity contribution is 8.00. The largest absolute Gasteiger partial charge is 0.446 e. The summed E-state index contributed by atoms with van der Waals surface area (Å²) in [5, 5.41) is 10.7. The van der Waals surface area contributed by atoms with Crippen molar-refractivity contribution in [3.8, 4) is 11.8 Å². The maximum Gasteiger partial charge on any atom is 0.446 e. The van der Waals surface area contributed by atoms with Crippen molar-refractivity contribution in [3.63, 3.8) is 0 Å². The first-order chi connectivity index (χ1) is 17.2. The van der Waals surface area contributed by atoms with Gasteiger partial charge in [-0.25, -0.2) is 17.9 Å². The van der Waals surface area contributed by atoms with Gasteiger partial charge in [-0.1, -0.05) is 17.9 Å². The van der Waals surface area contributed by atoms with Crippen molar-refractivity contribution in [2.45, 2.75) is 29.0 Å². The molecule has 0 N–H and O–H groups in total. The Bertz CT molecular complexity index is 1360. The summed E-state index contributed by atoms with van der Waals surface area (Å²) in [6.07, 6.45) is 0.800. The average Bonchev–Trinajstić information content (AvgIpc) is 3.35. The molecule has 2 aromatic heterocycles. The van der Waals surface area contributed by atoms with Gasteiger partial charge in [0.1, 0.15) is 18.0 Å². The summed E-state index contributed by atoms with van der Waals surface area (Å²) in [5.74, 6) is 2.82. The van der Waals surface area contributed by atoms with Crippen LogP contribution in [-0.4, -0.2) is 30.7 Å². The van der Waals surface area contributed by atoms with Gasteiger partial charge in [-0.3, -0.25) is 4.98 Å². The molecule has 5 nitrogen and oxygen atoms in total. The molecule has 0 amide bonds. The summed E-state index contributed by atoms with van der Waals surface area (Å²) >= 11 is -0.217. The Balaban J connectivity index is 1.52. The molecule has 2 aromatic carbocycles. The third-order valence-corrected chi connectivity index (χ3v) is 5.74. The lowest BCUT2D eigenvalue weighted by Crippen LogP contribution is -2.17. The SMILES string of the molecule is Fc1ccc(C(Cn2cnnn2)C(F)c2ccc(C#Cc3ccc(SC(F)(F)F)cc3)cn2)c(F)c1. The molecule has 0 spiro atoms. The molecule has 0 aliphatic rings. The van der Waals surface area contributed by atoms with Crippen LogP contribution in [0.15, 0.2) is 72.0 Å². The van der Waals surface area contributed by atoms with Gasteiger partial charge in [-0.2, -0.15) is 13.2 Å². The molecule has 2 atom stereocenters. The van der Waals surface area contributed by atoms with Crippen LogP contribution in [0.25, 0.3) is 0 Å². The molecule has 0 bridgehead atoms. The molecule has 0 fully saturated rings. The molecule has 2 heterocycles. The molecule has 36 heavy (non-hydrogen) atoms. The van der Waals surface area contributed by atoms with Crippen molar-refractivity contribution in [3.05, 3.63) is 101 Å². The van der Waals surface area contributed by atoms with E-state index in [1.54, 1.807) is 0 Å². The van der Waals surface area contributed by atoms with Gasteiger partial charge < -0.3 is 0 Å². The predicted molar refractivity (Wildman–Crippen MR) is 119 cm³/mol. The second kappa shape index (κ2) is 10.8. The highest BCUT2D eigenvalue weighted by Crippen LogP contribution is 2.37. The number of rotatable bonds is 6. The number of hydrogen-bond acceptors (Lipinski definition) is 5. The van der Waals surface area contributed by atoms with Crippen LogP contribution < -0.4 is 0 Å². The Morgan fingerprint density at radius 3 is 2.28 bits per heavy atom. The third kappa shape index (κ3) is 6.63. The van der Waals surface area contributed by atoms with Crippen molar-refractivity contribution in [1.82, 2.24) is 25.2 Å². The van der Waals surface area contributed by atoms with Crippen LogP contribution >= 0.6 is 11.8 Å². The number of halogens is 6.